The van der Waals surface area contributed by atoms with Gasteiger partial charge in [0, 0.05) is 5.69 Å². The Labute approximate surface area is 100 Å². The van der Waals surface area contributed by atoms with E-state index in [-0.39, 0.29) is 10.8 Å². The van der Waals surface area contributed by atoms with Gasteiger partial charge in [-0.3, -0.25) is 4.72 Å². The molecule has 0 amide bonds. The van der Waals surface area contributed by atoms with Crippen LogP contribution in [0.3, 0.4) is 0 Å². The molecule has 90 valence electrons. The van der Waals surface area contributed by atoms with E-state index in [1.54, 1.807) is 0 Å². The molecule has 0 saturated carbocycles. The fourth-order valence-electron chi connectivity index (χ4n) is 1.11. The van der Waals surface area contributed by atoms with Gasteiger partial charge in [-0.25, -0.2) is 12.8 Å². The highest BCUT2D eigenvalue weighted by Gasteiger charge is 2.20. The van der Waals surface area contributed by atoms with Crippen LogP contribution in [0, 0.1) is 5.82 Å². The van der Waals surface area contributed by atoms with Crippen molar-refractivity contribution in [3.05, 3.63) is 29.5 Å². The van der Waals surface area contributed by atoms with Crippen molar-refractivity contribution in [2.24, 2.45) is 0 Å². The lowest BCUT2D eigenvalue weighted by molar-refractivity contribution is 0.570. The maximum Gasteiger partial charge on any atom is 0.266 e. The molecule has 0 radical (unpaired) electrons. The van der Waals surface area contributed by atoms with Crippen LogP contribution in [-0.2, 0) is 10.0 Å². The summed E-state index contributed by atoms with van der Waals surface area (Å²) in [6.07, 6.45) is 0. The summed E-state index contributed by atoms with van der Waals surface area (Å²) in [5.41, 5.74) is 6.92. The summed E-state index contributed by atoms with van der Waals surface area (Å²) < 4.78 is 39.1. The number of nitrogens with one attached hydrogen (secondary N) is 1. The van der Waals surface area contributed by atoms with Gasteiger partial charge in [-0.05, 0) is 18.2 Å². The third-order valence-corrected chi connectivity index (χ3v) is 3.92. The number of aromatic nitrogens is 2. The molecule has 1 aromatic heterocycles. The molecule has 0 aliphatic rings. The molecule has 3 N–H and O–H groups in total. The van der Waals surface area contributed by atoms with Gasteiger partial charge in [-0.2, -0.15) is 0 Å². The molecule has 17 heavy (non-hydrogen) atoms. The van der Waals surface area contributed by atoms with Crippen molar-refractivity contribution in [3.8, 4) is 0 Å². The first-order valence-electron chi connectivity index (χ1n) is 4.33. The Morgan fingerprint density at radius 1 is 1.41 bits per heavy atom. The minimum atomic E-state index is -4.03. The summed E-state index contributed by atoms with van der Waals surface area (Å²) in [7, 11) is -4.03. The average molecular weight is 274 g/mol. The predicted molar refractivity (Wildman–Crippen MR) is 61.5 cm³/mol. The maximum atomic E-state index is 13.4. The molecule has 0 atom stereocenters. The van der Waals surface area contributed by atoms with E-state index in [2.05, 4.69) is 14.9 Å². The molecule has 2 aromatic rings. The first-order valence-corrected chi connectivity index (χ1v) is 6.69. The van der Waals surface area contributed by atoms with Gasteiger partial charge >= 0.3 is 0 Å². The third kappa shape index (κ3) is 2.50. The Bertz CT molecular complexity index is 627. The number of hydrogen-bond donors (Lipinski definition) is 2. The summed E-state index contributed by atoms with van der Waals surface area (Å²) in [6, 6.07) is 3.31. The lowest BCUT2D eigenvalue weighted by Crippen LogP contribution is -2.14. The normalized spacial score (nSPS) is 11.4. The van der Waals surface area contributed by atoms with Crippen LogP contribution in [0.25, 0.3) is 0 Å². The molecule has 1 aromatic carbocycles. The number of hydrogen-bond acceptors (Lipinski definition) is 6. The fourth-order valence-corrected chi connectivity index (χ4v) is 2.92. The van der Waals surface area contributed by atoms with E-state index in [1.807, 2.05) is 0 Å². The number of sulfonamides is 1. The van der Waals surface area contributed by atoms with Crippen molar-refractivity contribution in [1.29, 1.82) is 0 Å². The Hall–Kier alpha value is -1.74. The Balaban J connectivity index is 2.41. The minimum absolute atomic E-state index is 0.0619. The number of nitrogens with zero attached hydrogens (tertiary/aromatic N) is 2. The molecule has 0 aliphatic heterocycles. The highest BCUT2D eigenvalue weighted by molar-refractivity contribution is 7.93. The number of nitrogen functional groups attached to an aromatic ring is 1. The predicted octanol–water partition coefficient (Wildman–Crippen LogP) is 1.06. The zero-order chi connectivity index (χ0) is 12.5. The number of benzene rings is 1. The zero-order valence-electron chi connectivity index (χ0n) is 8.29. The molecule has 0 saturated heterocycles. The molecular formula is C8H7FN4O2S2. The zero-order valence-corrected chi connectivity index (χ0v) is 9.93. The Morgan fingerprint density at radius 2 is 2.18 bits per heavy atom. The summed E-state index contributed by atoms with van der Waals surface area (Å²) in [5, 5.41) is 7.03. The highest BCUT2D eigenvalue weighted by Crippen LogP contribution is 2.21. The van der Waals surface area contributed by atoms with Gasteiger partial charge in [0.2, 0.25) is 5.13 Å². The van der Waals surface area contributed by atoms with Gasteiger partial charge in [-0.15, -0.1) is 10.2 Å². The fraction of sp³-hybridized carbons (Fsp3) is 0. The van der Waals surface area contributed by atoms with Gasteiger partial charge in [0.05, 0.1) is 0 Å². The van der Waals surface area contributed by atoms with E-state index in [9.17, 15) is 12.8 Å². The second kappa shape index (κ2) is 4.26. The van der Waals surface area contributed by atoms with Crippen molar-refractivity contribution in [3.63, 3.8) is 0 Å². The number of rotatable bonds is 3. The van der Waals surface area contributed by atoms with E-state index < -0.39 is 20.7 Å². The lowest BCUT2D eigenvalue weighted by Gasteiger charge is -2.06. The van der Waals surface area contributed by atoms with Crippen molar-refractivity contribution < 1.29 is 12.8 Å². The molecular weight excluding hydrogens is 267 g/mol. The molecule has 1 heterocycles. The van der Waals surface area contributed by atoms with E-state index in [0.29, 0.717) is 0 Å². The highest BCUT2D eigenvalue weighted by atomic mass is 32.2. The summed E-state index contributed by atoms with van der Waals surface area (Å²) in [5.74, 6) is -0.879. The van der Waals surface area contributed by atoms with Crippen LogP contribution in [0.15, 0.2) is 28.6 Å². The summed E-state index contributed by atoms with van der Waals surface area (Å²) in [6.45, 7) is 0. The number of nitrogens with two attached hydrogens (primary N) is 1. The van der Waals surface area contributed by atoms with Crippen molar-refractivity contribution in [2.45, 2.75) is 4.90 Å². The molecule has 0 aliphatic carbocycles. The quantitative estimate of drug-likeness (QED) is 0.815. The molecule has 0 bridgehead atoms. The first-order chi connectivity index (χ1) is 7.99. The van der Waals surface area contributed by atoms with Crippen LogP contribution in [0.5, 0.6) is 0 Å². The number of anilines is 2. The van der Waals surface area contributed by atoms with Gasteiger partial charge in [-0.1, -0.05) is 11.3 Å². The SMILES string of the molecule is Nc1ccc(F)c(S(=O)(=O)Nc2nncs2)c1. The topological polar surface area (TPSA) is 98.0 Å². The standard InChI is InChI=1S/C8H7FN4O2S2/c9-6-2-1-5(10)3-7(6)17(14,15)13-8-12-11-4-16-8/h1-4H,10H2,(H,12,13). The van der Waals surface area contributed by atoms with Gasteiger partial charge in [0.25, 0.3) is 10.0 Å². The smallest absolute Gasteiger partial charge is 0.266 e. The summed E-state index contributed by atoms with van der Waals surface area (Å²) >= 11 is 0.988. The van der Waals surface area contributed by atoms with Crippen molar-refractivity contribution in [2.75, 3.05) is 10.5 Å². The second-order valence-corrected chi connectivity index (χ2v) is 5.52. The Morgan fingerprint density at radius 3 is 2.82 bits per heavy atom. The minimum Gasteiger partial charge on any atom is -0.399 e. The van der Waals surface area contributed by atoms with Gasteiger partial charge in [0.1, 0.15) is 16.2 Å². The Kier molecular flexibility index (Phi) is 2.94. The molecule has 2 rings (SSSR count). The monoisotopic (exact) mass is 274 g/mol. The largest absolute Gasteiger partial charge is 0.399 e. The van der Waals surface area contributed by atoms with Crippen molar-refractivity contribution in [1.82, 2.24) is 10.2 Å². The molecule has 0 unspecified atom stereocenters. The van der Waals surface area contributed by atoms with Crippen LogP contribution in [-0.4, -0.2) is 18.6 Å². The van der Waals surface area contributed by atoms with E-state index in [4.69, 9.17) is 5.73 Å². The van der Waals surface area contributed by atoms with Crippen LogP contribution in [0.2, 0.25) is 0 Å². The van der Waals surface area contributed by atoms with Crippen LogP contribution in [0.1, 0.15) is 0 Å². The second-order valence-electron chi connectivity index (χ2n) is 3.04. The van der Waals surface area contributed by atoms with Gasteiger partial charge in [0.15, 0.2) is 0 Å². The molecule has 0 spiro atoms. The third-order valence-electron chi connectivity index (χ3n) is 1.83. The molecule has 0 fully saturated rings. The van der Waals surface area contributed by atoms with Gasteiger partial charge < -0.3 is 5.73 Å². The van der Waals surface area contributed by atoms with E-state index in [0.717, 1.165) is 23.5 Å². The molecule has 6 nitrogen and oxygen atoms in total. The average Bonchev–Trinajstić information content (AvgIpc) is 2.73. The van der Waals surface area contributed by atoms with Crippen LogP contribution in [0.4, 0.5) is 15.2 Å². The van der Waals surface area contributed by atoms with Crippen LogP contribution < -0.4 is 10.5 Å². The summed E-state index contributed by atoms with van der Waals surface area (Å²) in [4.78, 5) is -0.521. The van der Waals surface area contributed by atoms with Crippen LogP contribution >= 0.6 is 11.3 Å². The lowest BCUT2D eigenvalue weighted by atomic mass is 10.3. The number of halogens is 1. The van der Waals surface area contributed by atoms with Crippen molar-refractivity contribution >= 4 is 32.2 Å². The van der Waals surface area contributed by atoms with E-state index in [1.165, 1.54) is 11.6 Å². The van der Waals surface area contributed by atoms with E-state index >= 15 is 0 Å². The first kappa shape index (κ1) is 11.7. The molecule has 9 heteroatoms. The maximum absolute atomic E-state index is 13.4.